The molecule has 1 heterocycles. The molecule has 2 amide bonds. The largest absolute Gasteiger partial charge is 0.484 e. The first-order chi connectivity index (χ1) is 13.5. The normalized spacial score (nSPS) is 21.1. The van der Waals surface area contributed by atoms with Crippen LogP contribution in [0.1, 0.15) is 24.2 Å². The van der Waals surface area contributed by atoms with E-state index in [0.29, 0.717) is 24.3 Å². The van der Waals surface area contributed by atoms with Crippen LogP contribution in [0.5, 0.6) is 5.75 Å². The summed E-state index contributed by atoms with van der Waals surface area (Å²) in [4.78, 5) is 32.8. The average molecular weight is 384 g/mol. The fourth-order valence-electron chi connectivity index (χ4n) is 3.13. The monoisotopic (exact) mass is 384 g/mol. The summed E-state index contributed by atoms with van der Waals surface area (Å²) in [6.45, 7) is 1.98. The van der Waals surface area contributed by atoms with Gasteiger partial charge < -0.3 is 20.5 Å². The molecule has 1 fully saturated rings. The van der Waals surface area contributed by atoms with E-state index in [-0.39, 0.29) is 30.9 Å². The van der Waals surface area contributed by atoms with Crippen LogP contribution in [0.4, 0.5) is 0 Å². The number of ether oxygens (including phenoxy) is 1. The minimum absolute atomic E-state index is 0.143. The number of aromatic nitrogens is 2. The van der Waals surface area contributed by atoms with Crippen LogP contribution in [0.25, 0.3) is 0 Å². The second-order valence-corrected chi connectivity index (χ2v) is 6.88. The quantitative estimate of drug-likeness (QED) is 0.649. The number of aryl methyl sites for hydroxylation is 1. The van der Waals surface area contributed by atoms with Crippen molar-refractivity contribution >= 4 is 11.8 Å². The number of para-hydroxylation sites is 1. The Morgan fingerprint density at radius 2 is 1.96 bits per heavy atom. The number of aliphatic hydroxyl groups excluding tert-OH is 1. The van der Waals surface area contributed by atoms with Crippen LogP contribution in [0.15, 0.2) is 42.7 Å². The van der Waals surface area contributed by atoms with Crippen molar-refractivity contribution < 1.29 is 19.4 Å². The van der Waals surface area contributed by atoms with Gasteiger partial charge in [0.15, 0.2) is 6.61 Å². The summed E-state index contributed by atoms with van der Waals surface area (Å²) in [6.07, 6.45) is 3.17. The van der Waals surface area contributed by atoms with E-state index < -0.39 is 12.1 Å². The number of carbonyl (C=O) groups excluding carboxylic acids is 2. The molecule has 0 unspecified atom stereocenters. The fourth-order valence-corrected chi connectivity index (χ4v) is 3.13. The number of hydrogen-bond acceptors (Lipinski definition) is 6. The van der Waals surface area contributed by atoms with Gasteiger partial charge in [0.2, 0.25) is 5.91 Å². The minimum Gasteiger partial charge on any atom is -0.484 e. The molecule has 1 aromatic heterocycles. The Labute approximate surface area is 163 Å². The number of nitrogens with one attached hydrogen (secondary N) is 2. The van der Waals surface area contributed by atoms with Crippen molar-refractivity contribution in [3.05, 3.63) is 54.1 Å². The number of nitrogens with zero attached hydrogens (tertiary/aromatic N) is 2. The third kappa shape index (κ3) is 5.50. The second kappa shape index (κ2) is 9.27. The van der Waals surface area contributed by atoms with E-state index in [1.165, 1.54) is 0 Å². The van der Waals surface area contributed by atoms with Gasteiger partial charge in [0.05, 0.1) is 36.3 Å². The van der Waals surface area contributed by atoms with Gasteiger partial charge in [-0.1, -0.05) is 18.2 Å². The molecule has 0 spiro atoms. The smallest absolute Gasteiger partial charge is 0.258 e. The van der Waals surface area contributed by atoms with E-state index in [9.17, 15) is 14.7 Å². The van der Waals surface area contributed by atoms with Gasteiger partial charge in [0.1, 0.15) is 5.75 Å². The van der Waals surface area contributed by atoms with Gasteiger partial charge in [-0.25, -0.2) is 0 Å². The lowest BCUT2D eigenvalue weighted by molar-refractivity contribution is -0.126. The summed E-state index contributed by atoms with van der Waals surface area (Å²) < 4.78 is 5.40. The molecule has 28 heavy (non-hydrogen) atoms. The molecular weight excluding hydrogens is 360 g/mol. The molecule has 1 aliphatic carbocycles. The van der Waals surface area contributed by atoms with Gasteiger partial charge in [-0.15, -0.1) is 0 Å². The van der Waals surface area contributed by atoms with Crippen LogP contribution in [-0.2, 0) is 16.1 Å². The van der Waals surface area contributed by atoms with Gasteiger partial charge in [0, 0.05) is 12.1 Å². The van der Waals surface area contributed by atoms with E-state index in [0.717, 1.165) is 5.69 Å². The summed E-state index contributed by atoms with van der Waals surface area (Å²) in [6, 6.07) is 8.55. The summed E-state index contributed by atoms with van der Waals surface area (Å²) in [5, 5.41) is 15.8. The molecule has 3 atom stereocenters. The minimum atomic E-state index is -0.768. The predicted octanol–water partition coefficient (Wildman–Crippen LogP) is 0.736. The summed E-state index contributed by atoms with van der Waals surface area (Å²) >= 11 is 0. The summed E-state index contributed by atoms with van der Waals surface area (Å²) in [5.41, 5.74) is 1.48. The Hall–Kier alpha value is -3.00. The van der Waals surface area contributed by atoms with Crippen molar-refractivity contribution in [1.29, 1.82) is 0 Å². The number of benzene rings is 1. The third-order valence-electron chi connectivity index (χ3n) is 4.64. The maximum Gasteiger partial charge on any atom is 0.258 e. The molecular formula is C20H24N4O4. The molecule has 0 aliphatic heterocycles. The molecule has 0 radical (unpaired) electrons. The Morgan fingerprint density at radius 1 is 1.18 bits per heavy atom. The number of amides is 2. The van der Waals surface area contributed by atoms with Gasteiger partial charge >= 0.3 is 0 Å². The Balaban J connectivity index is 1.43. The molecule has 148 valence electrons. The van der Waals surface area contributed by atoms with E-state index >= 15 is 0 Å². The van der Waals surface area contributed by atoms with E-state index in [1.54, 1.807) is 24.5 Å². The van der Waals surface area contributed by atoms with E-state index in [1.807, 2.05) is 25.1 Å². The zero-order valence-corrected chi connectivity index (χ0v) is 15.7. The van der Waals surface area contributed by atoms with Crippen molar-refractivity contribution in [2.75, 3.05) is 6.61 Å². The first kappa shape index (κ1) is 19.8. The van der Waals surface area contributed by atoms with Crippen LogP contribution < -0.4 is 15.4 Å². The van der Waals surface area contributed by atoms with Crippen LogP contribution in [0.3, 0.4) is 0 Å². The lowest BCUT2D eigenvalue weighted by Crippen LogP contribution is -2.42. The number of rotatable bonds is 7. The lowest BCUT2D eigenvalue weighted by atomic mass is 10.1. The van der Waals surface area contributed by atoms with Crippen molar-refractivity contribution in [2.45, 2.75) is 38.5 Å². The Bertz CT molecular complexity index is 798. The first-order valence-corrected chi connectivity index (χ1v) is 9.22. The van der Waals surface area contributed by atoms with Gasteiger partial charge in [-0.2, -0.15) is 0 Å². The van der Waals surface area contributed by atoms with Crippen LogP contribution in [-0.4, -0.2) is 45.6 Å². The molecule has 8 heteroatoms. The summed E-state index contributed by atoms with van der Waals surface area (Å²) in [7, 11) is 0. The van der Waals surface area contributed by atoms with Crippen molar-refractivity contribution in [1.82, 2.24) is 20.6 Å². The molecule has 1 saturated carbocycles. The van der Waals surface area contributed by atoms with Gasteiger partial charge in [-0.3, -0.25) is 19.6 Å². The maximum atomic E-state index is 12.4. The molecule has 0 saturated heterocycles. The maximum absolute atomic E-state index is 12.4. The topological polar surface area (TPSA) is 113 Å². The highest BCUT2D eigenvalue weighted by Crippen LogP contribution is 2.26. The molecule has 3 rings (SSSR count). The third-order valence-corrected chi connectivity index (χ3v) is 4.64. The Kier molecular flexibility index (Phi) is 6.54. The number of aliphatic hydroxyl groups is 1. The van der Waals surface area contributed by atoms with Gasteiger partial charge in [-0.05, 0) is 31.9 Å². The zero-order valence-electron chi connectivity index (χ0n) is 15.7. The highest BCUT2D eigenvalue weighted by Gasteiger charge is 2.37. The van der Waals surface area contributed by atoms with Crippen molar-refractivity contribution in [3.8, 4) is 5.75 Å². The molecule has 1 aliphatic rings. The molecule has 1 aromatic carbocycles. The SMILES string of the molecule is Cc1cnc(CNC(=O)[C@H]2C[C@H](NC(=O)COc3ccccc3)[C@@H](O)C2)cn1. The van der Waals surface area contributed by atoms with Crippen molar-refractivity contribution in [3.63, 3.8) is 0 Å². The molecule has 3 N–H and O–H groups in total. The highest BCUT2D eigenvalue weighted by atomic mass is 16.5. The fraction of sp³-hybridized carbons (Fsp3) is 0.400. The zero-order chi connectivity index (χ0) is 19.9. The van der Waals surface area contributed by atoms with Crippen LogP contribution in [0.2, 0.25) is 0 Å². The predicted molar refractivity (Wildman–Crippen MR) is 101 cm³/mol. The van der Waals surface area contributed by atoms with E-state index in [4.69, 9.17) is 4.74 Å². The van der Waals surface area contributed by atoms with Crippen LogP contribution >= 0.6 is 0 Å². The first-order valence-electron chi connectivity index (χ1n) is 9.22. The average Bonchev–Trinajstić information content (AvgIpc) is 3.07. The molecule has 0 bridgehead atoms. The molecule has 2 aromatic rings. The van der Waals surface area contributed by atoms with Crippen molar-refractivity contribution in [2.24, 2.45) is 5.92 Å². The highest BCUT2D eigenvalue weighted by molar-refractivity contribution is 5.80. The Morgan fingerprint density at radius 3 is 2.68 bits per heavy atom. The lowest BCUT2D eigenvalue weighted by Gasteiger charge is -2.16. The second-order valence-electron chi connectivity index (χ2n) is 6.88. The number of carbonyl (C=O) groups is 2. The van der Waals surface area contributed by atoms with Crippen LogP contribution in [0, 0.1) is 12.8 Å². The van der Waals surface area contributed by atoms with E-state index in [2.05, 4.69) is 20.6 Å². The molecule has 8 nitrogen and oxygen atoms in total. The summed E-state index contributed by atoms with van der Waals surface area (Å²) in [5.74, 6) is -0.266. The number of hydrogen-bond donors (Lipinski definition) is 3. The standard InChI is InChI=1S/C20H24N4O4/c1-13-9-22-15(10-21-13)11-23-20(27)14-7-17(18(25)8-14)24-19(26)12-28-16-5-3-2-4-6-16/h2-6,9-10,14,17-18,25H,7-8,11-12H2,1H3,(H,23,27)(H,24,26)/t14-,17-,18-/m0/s1. The van der Waals surface area contributed by atoms with Gasteiger partial charge in [0.25, 0.3) is 5.91 Å².